The van der Waals surface area contributed by atoms with E-state index in [9.17, 15) is 0 Å². The molecule has 0 spiro atoms. The zero-order chi connectivity index (χ0) is 12.1. The van der Waals surface area contributed by atoms with Crippen LogP contribution in [0.3, 0.4) is 0 Å². The van der Waals surface area contributed by atoms with Crippen molar-refractivity contribution < 1.29 is 4.74 Å². The van der Waals surface area contributed by atoms with Crippen LogP contribution in [-0.2, 0) is 4.74 Å². The van der Waals surface area contributed by atoms with Gasteiger partial charge in [-0.2, -0.15) is 0 Å². The first kappa shape index (κ1) is 10.0. The fraction of sp³-hybridized carbons (Fsp3) is 0.417. The fourth-order valence-electron chi connectivity index (χ4n) is 2.54. The highest BCUT2D eigenvalue weighted by molar-refractivity contribution is 5.85. The van der Waals surface area contributed by atoms with Crippen LogP contribution in [0.4, 0.5) is 0 Å². The number of ether oxygens (including phenoxy) is 1. The molecular formula is C12H13N5O. The Morgan fingerprint density at radius 2 is 2.11 bits per heavy atom. The Hall–Kier alpha value is -1.95. The molecule has 4 heterocycles. The molecule has 1 fully saturated rings. The van der Waals surface area contributed by atoms with Gasteiger partial charge in [0.15, 0.2) is 16.8 Å². The van der Waals surface area contributed by atoms with E-state index in [1.54, 1.807) is 18.9 Å². The Morgan fingerprint density at radius 1 is 1.17 bits per heavy atom. The van der Waals surface area contributed by atoms with Gasteiger partial charge in [0, 0.05) is 12.4 Å². The van der Waals surface area contributed by atoms with Crippen LogP contribution in [0, 0.1) is 0 Å². The van der Waals surface area contributed by atoms with E-state index in [2.05, 4.69) is 21.9 Å². The number of imidazole rings is 2. The van der Waals surface area contributed by atoms with Gasteiger partial charge in [0.05, 0.1) is 12.4 Å². The summed E-state index contributed by atoms with van der Waals surface area (Å²) >= 11 is 0. The zero-order valence-electron chi connectivity index (χ0n) is 10.0. The molecule has 92 valence electrons. The molecule has 1 aliphatic rings. The Kier molecular flexibility index (Phi) is 1.96. The van der Waals surface area contributed by atoms with Gasteiger partial charge in [-0.3, -0.25) is 8.97 Å². The van der Waals surface area contributed by atoms with Crippen molar-refractivity contribution in [3.05, 3.63) is 25.0 Å². The van der Waals surface area contributed by atoms with Gasteiger partial charge in [0.2, 0.25) is 0 Å². The third kappa shape index (κ3) is 1.29. The summed E-state index contributed by atoms with van der Waals surface area (Å²) in [7, 11) is 0. The molecule has 0 aromatic carbocycles. The molecule has 6 heteroatoms. The summed E-state index contributed by atoms with van der Waals surface area (Å²) in [4.78, 5) is 13.2. The highest BCUT2D eigenvalue weighted by Crippen LogP contribution is 2.30. The standard InChI is InChI=1S/C12H13N5O/c1-8-2-3-9(18-8)17-7-14-10-11-13-4-5-16(11)6-15-12(10)17/h4-9H,2-3H2,1H3. The molecular weight excluding hydrogens is 230 g/mol. The van der Waals surface area contributed by atoms with Gasteiger partial charge >= 0.3 is 0 Å². The van der Waals surface area contributed by atoms with Crippen molar-refractivity contribution in [2.75, 3.05) is 0 Å². The molecule has 4 rings (SSSR count). The van der Waals surface area contributed by atoms with Crippen LogP contribution in [0.5, 0.6) is 0 Å². The molecule has 0 aliphatic carbocycles. The van der Waals surface area contributed by atoms with Crippen LogP contribution in [0.2, 0.25) is 0 Å². The van der Waals surface area contributed by atoms with Gasteiger partial charge < -0.3 is 4.74 Å². The van der Waals surface area contributed by atoms with E-state index in [4.69, 9.17) is 4.74 Å². The predicted molar refractivity (Wildman–Crippen MR) is 65.1 cm³/mol. The molecule has 1 saturated heterocycles. The number of aromatic nitrogens is 5. The van der Waals surface area contributed by atoms with E-state index in [0.29, 0.717) is 6.10 Å². The molecule has 18 heavy (non-hydrogen) atoms. The van der Waals surface area contributed by atoms with Crippen LogP contribution in [0.25, 0.3) is 16.8 Å². The molecule has 2 unspecified atom stereocenters. The van der Waals surface area contributed by atoms with Crippen molar-refractivity contribution in [3.8, 4) is 0 Å². The molecule has 3 aromatic heterocycles. The molecule has 1 aliphatic heterocycles. The number of hydrogen-bond acceptors (Lipinski definition) is 4. The van der Waals surface area contributed by atoms with Crippen LogP contribution >= 0.6 is 0 Å². The first-order chi connectivity index (χ1) is 8.83. The lowest BCUT2D eigenvalue weighted by molar-refractivity contribution is 0.0131. The summed E-state index contributed by atoms with van der Waals surface area (Å²) in [6.07, 6.45) is 9.64. The van der Waals surface area contributed by atoms with E-state index >= 15 is 0 Å². The van der Waals surface area contributed by atoms with Gasteiger partial charge in [0.1, 0.15) is 12.6 Å². The zero-order valence-corrected chi connectivity index (χ0v) is 10.0. The van der Waals surface area contributed by atoms with Crippen LogP contribution < -0.4 is 0 Å². The smallest absolute Gasteiger partial charge is 0.167 e. The highest BCUT2D eigenvalue weighted by atomic mass is 16.5. The lowest BCUT2D eigenvalue weighted by atomic mass is 10.2. The second-order valence-corrected chi connectivity index (χ2v) is 4.71. The summed E-state index contributed by atoms with van der Waals surface area (Å²) < 4.78 is 9.74. The van der Waals surface area contributed by atoms with Crippen molar-refractivity contribution in [3.63, 3.8) is 0 Å². The van der Waals surface area contributed by atoms with E-state index in [1.165, 1.54) is 0 Å². The minimum atomic E-state index is 0.0508. The monoisotopic (exact) mass is 243 g/mol. The Labute approximate surface area is 103 Å². The van der Waals surface area contributed by atoms with Crippen LogP contribution in [-0.4, -0.2) is 30.0 Å². The molecule has 0 saturated carbocycles. The Balaban J connectivity index is 1.91. The Morgan fingerprint density at radius 3 is 2.94 bits per heavy atom. The average Bonchev–Trinajstić information content (AvgIpc) is 3.03. The molecule has 0 bridgehead atoms. The molecule has 6 nitrogen and oxygen atoms in total. The molecule has 0 amide bonds. The lowest BCUT2D eigenvalue weighted by Crippen LogP contribution is -2.09. The van der Waals surface area contributed by atoms with E-state index in [1.807, 2.05) is 15.2 Å². The van der Waals surface area contributed by atoms with Gasteiger partial charge in [0.25, 0.3) is 0 Å². The second kappa shape index (κ2) is 3.52. The molecule has 2 atom stereocenters. The van der Waals surface area contributed by atoms with Gasteiger partial charge in [-0.1, -0.05) is 0 Å². The number of nitrogens with zero attached hydrogens (tertiary/aromatic N) is 5. The Bertz CT molecular complexity index is 715. The summed E-state index contributed by atoms with van der Waals surface area (Å²) in [5, 5.41) is 0. The SMILES string of the molecule is CC1CCC(n2cnc3c2ncn2ccnc32)O1. The molecule has 0 radical (unpaired) electrons. The third-order valence-corrected chi connectivity index (χ3v) is 3.47. The van der Waals surface area contributed by atoms with E-state index < -0.39 is 0 Å². The maximum Gasteiger partial charge on any atom is 0.167 e. The summed E-state index contributed by atoms with van der Waals surface area (Å²) in [5.74, 6) is 0. The summed E-state index contributed by atoms with van der Waals surface area (Å²) in [5.41, 5.74) is 2.50. The maximum absolute atomic E-state index is 5.86. The van der Waals surface area contributed by atoms with Gasteiger partial charge in [-0.15, -0.1) is 0 Å². The lowest BCUT2D eigenvalue weighted by Gasteiger charge is -2.12. The predicted octanol–water partition coefficient (Wildman–Crippen LogP) is 1.78. The van der Waals surface area contributed by atoms with Crippen LogP contribution in [0.1, 0.15) is 26.0 Å². The van der Waals surface area contributed by atoms with Crippen molar-refractivity contribution in [2.45, 2.75) is 32.1 Å². The molecule has 0 N–H and O–H groups in total. The third-order valence-electron chi connectivity index (χ3n) is 3.47. The van der Waals surface area contributed by atoms with Crippen molar-refractivity contribution in [1.29, 1.82) is 0 Å². The quantitative estimate of drug-likeness (QED) is 0.653. The van der Waals surface area contributed by atoms with Gasteiger partial charge in [-0.05, 0) is 19.8 Å². The average molecular weight is 243 g/mol. The first-order valence-electron chi connectivity index (χ1n) is 6.12. The summed E-state index contributed by atoms with van der Waals surface area (Å²) in [6, 6.07) is 0. The summed E-state index contributed by atoms with van der Waals surface area (Å²) in [6.45, 7) is 2.10. The van der Waals surface area contributed by atoms with E-state index in [0.717, 1.165) is 29.7 Å². The minimum Gasteiger partial charge on any atom is -0.355 e. The van der Waals surface area contributed by atoms with E-state index in [-0.39, 0.29) is 6.23 Å². The number of rotatable bonds is 1. The maximum atomic E-state index is 5.86. The number of hydrogen-bond donors (Lipinski definition) is 0. The fourth-order valence-corrected chi connectivity index (χ4v) is 2.54. The van der Waals surface area contributed by atoms with Crippen LogP contribution in [0.15, 0.2) is 25.0 Å². The van der Waals surface area contributed by atoms with Crippen molar-refractivity contribution in [2.24, 2.45) is 0 Å². The van der Waals surface area contributed by atoms with Gasteiger partial charge in [-0.25, -0.2) is 15.0 Å². The minimum absolute atomic E-state index is 0.0508. The van der Waals surface area contributed by atoms with Crippen molar-refractivity contribution in [1.82, 2.24) is 23.9 Å². The molecule has 3 aromatic rings. The largest absolute Gasteiger partial charge is 0.355 e. The van der Waals surface area contributed by atoms with Crippen molar-refractivity contribution >= 4 is 16.8 Å². The normalized spacial score (nSPS) is 24.3. The number of fused-ring (bicyclic) bond motifs is 3. The second-order valence-electron chi connectivity index (χ2n) is 4.71. The highest BCUT2D eigenvalue weighted by Gasteiger charge is 2.25. The first-order valence-corrected chi connectivity index (χ1v) is 6.12. The topological polar surface area (TPSA) is 57.2 Å².